The minimum Gasteiger partial charge on any atom is -0.457 e. The lowest BCUT2D eigenvalue weighted by Crippen LogP contribution is -1.98. The number of aromatic nitrogens is 1. The van der Waals surface area contributed by atoms with Crippen molar-refractivity contribution in [2.45, 2.75) is 13.3 Å². The smallest absolute Gasteiger partial charge is 0.128 e. The Labute approximate surface area is 137 Å². The van der Waals surface area contributed by atoms with E-state index in [-0.39, 0.29) is 0 Å². The molecule has 0 aliphatic heterocycles. The van der Waals surface area contributed by atoms with Gasteiger partial charge in [-0.3, -0.25) is 0 Å². The van der Waals surface area contributed by atoms with Crippen LogP contribution in [0.4, 0.5) is 5.82 Å². The zero-order chi connectivity index (χ0) is 16.1. The molecule has 3 nitrogen and oxygen atoms in total. The molecule has 0 saturated carbocycles. The first kappa shape index (κ1) is 15.1. The van der Waals surface area contributed by atoms with Gasteiger partial charge in [-0.15, -0.1) is 0 Å². The number of hydrogen-bond acceptors (Lipinski definition) is 3. The summed E-state index contributed by atoms with van der Waals surface area (Å²) in [5.74, 6) is 2.62. The van der Waals surface area contributed by atoms with Gasteiger partial charge < -0.3 is 10.1 Å². The normalized spacial score (nSPS) is 10.3. The molecule has 0 unspecified atom stereocenters. The molecule has 23 heavy (non-hydrogen) atoms. The molecular formula is C20H20N2O. The van der Waals surface area contributed by atoms with Crippen LogP contribution < -0.4 is 10.1 Å². The molecule has 0 aliphatic rings. The molecule has 0 aliphatic carbocycles. The minimum atomic E-state index is 0.829. The fraction of sp³-hybridized carbons (Fsp3) is 0.150. The lowest BCUT2D eigenvalue weighted by molar-refractivity contribution is 0.483. The van der Waals surface area contributed by atoms with Crippen molar-refractivity contribution in [3.05, 3.63) is 72.4 Å². The summed E-state index contributed by atoms with van der Waals surface area (Å²) in [5, 5.41) is 3.13. The summed E-state index contributed by atoms with van der Waals surface area (Å²) in [6, 6.07) is 20.1. The van der Waals surface area contributed by atoms with Crippen molar-refractivity contribution in [1.29, 1.82) is 0 Å². The molecule has 3 aromatic rings. The fourth-order valence-corrected chi connectivity index (χ4v) is 2.50. The summed E-state index contributed by atoms with van der Waals surface area (Å²) in [4.78, 5) is 4.49. The average molecular weight is 304 g/mol. The number of hydrogen-bond donors (Lipinski definition) is 1. The van der Waals surface area contributed by atoms with E-state index in [0.717, 1.165) is 34.9 Å². The third-order valence-corrected chi connectivity index (χ3v) is 3.75. The zero-order valence-corrected chi connectivity index (χ0v) is 13.4. The highest BCUT2D eigenvalue weighted by atomic mass is 16.5. The van der Waals surface area contributed by atoms with Gasteiger partial charge in [0.2, 0.25) is 0 Å². The maximum absolute atomic E-state index is 5.82. The van der Waals surface area contributed by atoms with Crippen molar-refractivity contribution in [2.24, 2.45) is 0 Å². The van der Waals surface area contributed by atoms with Crippen LogP contribution in [0, 0.1) is 0 Å². The van der Waals surface area contributed by atoms with Crippen molar-refractivity contribution in [2.75, 3.05) is 12.4 Å². The largest absolute Gasteiger partial charge is 0.457 e. The van der Waals surface area contributed by atoms with Gasteiger partial charge in [0.25, 0.3) is 0 Å². The van der Waals surface area contributed by atoms with E-state index in [2.05, 4.69) is 35.4 Å². The molecule has 3 rings (SSSR count). The maximum Gasteiger partial charge on any atom is 0.128 e. The molecule has 2 aromatic carbocycles. The average Bonchev–Trinajstić information content (AvgIpc) is 2.62. The Morgan fingerprint density at radius 1 is 0.913 bits per heavy atom. The van der Waals surface area contributed by atoms with Crippen LogP contribution in [-0.4, -0.2) is 12.0 Å². The van der Waals surface area contributed by atoms with Gasteiger partial charge in [0.1, 0.15) is 17.3 Å². The van der Waals surface area contributed by atoms with Gasteiger partial charge in [-0.05, 0) is 47.9 Å². The second kappa shape index (κ2) is 6.97. The van der Waals surface area contributed by atoms with E-state index < -0.39 is 0 Å². The first-order valence-corrected chi connectivity index (χ1v) is 7.80. The number of anilines is 1. The first-order valence-electron chi connectivity index (χ1n) is 7.80. The molecule has 1 aromatic heterocycles. The molecule has 0 spiro atoms. The van der Waals surface area contributed by atoms with Crippen LogP contribution in [0.5, 0.6) is 11.5 Å². The SMILES string of the molecule is CCc1cc(-c2ccc(Oc3ccccc3)cc2)cnc1NC. The number of rotatable bonds is 5. The Kier molecular flexibility index (Phi) is 4.57. The molecule has 0 radical (unpaired) electrons. The van der Waals surface area contributed by atoms with Gasteiger partial charge in [0.05, 0.1) is 0 Å². The Hall–Kier alpha value is -2.81. The van der Waals surface area contributed by atoms with Gasteiger partial charge in [-0.1, -0.05) is 37.3 Å². The standard InChI is InChI=1S/C20H20N2O/c1-3-15-13-17(14-22-20(15)21-2)16-9-11-19(12-10-16)23-18-7-5-4-6-8-18/h4-14H,3H2,1-2H3,(H,21,22). The third kappa shape index (κ3) is 3.51. The summed E-state index contributed by atoms with van der Waals surface area (Å²) < 4.78 is 5.82. The zero-order valence-electron chi connectivity index (χ0n) is 13.4. The van der Waals surface area contributed by atoms with Crippen LogP contribution in [0.15, 0.2) is 66.9 Å². The molecule has 116 valence electrons. The number of pyridine rings is 1. The van der Waals surface area contributed by atoms with Crippen molar-refractivity contribution < 1.29 is 4.74 Å². The second-order valence-electron chi connectivity index (χ2n) is 5.27. The van der Waals surface area contributed by atoms with E-state index in [9.17, 15) is 0 Å². The van der Waals surface area contributed by atoms with Crippen molar-refractivity contribution in [3.8, 4) is 22.6 Å². The monoisotopic (exact) mass is 304 g/mol. The first-order chi connectivity index (χ1) is 11.3. The van der Waals surface area contributed by atoms with E-state index >= 15 is 0 Å². The lowest BCUT2D eigenvalue weighted by Gasteiger charge is -2.10. The van der Waals surface area contributed by atoms with Crippen molar-refractivity contribution in [3.63, 3.8) is 0 Å². The molecule has 0 bridgehead atoms. The van der Waals surface area contributed by atoms with E-state index in [0.29, 0.717) is 0 Å². The van der Waals surface area contributed by atoms with Gasteiger partial charge in [0, 0.05) is 18.8 Å². The predicted octanol–water partition coefficient (Wildman–Crippen LogP) is 5.15. The number of aryl methyl sites for hydroxylation is 1. The molecule has 1 heterocycles. The van der Waals surface area contributed by atoms with Crippen LogP contribution in [0.2, 0.25) is 0 Å². The van der Waals surface area contributed by atoms with Gasteiger partial charge in [0.15, 0.2) is 0 Å². The number of para-hydroxylation sites is 1. The van der Waals surface area contributed by atoms with Gasteiger partial charge in [-0.2, -0.15) is 0 Å². The summed E-state index contributed by atoms with van der Waals surface area (Å²) in [5.41, 5.74) is 3.47. The number of ether oxygens (including phenoxy) is 1. The molecule has 0 saturated heterocycles. The molecule has 0 atom stereocenters. The van der Waals surface area contributed by atoms with Crippen molar-refractivity contribution >= 4 is 5.82 Å². The van der Waals surface area contributed by atoms with E-state index in [1.165, 1.54) is 5.56 Å². The number of benzene rings is 2. The molecule has 0 amide bonds. The maximum atomic E-state index is 5.82. The predicted molar refractivity (Wildman–Crippen MR) is 95.1 cm³/mol. The third-order valence-electron chi connectivity index (χ3n) is 3.75. The Morgan fingerprint density at radius 2 is 1.61 bits per heavy atom. The highest BCUT2D eigenvalue weighted by molar-refractivity contribution is 5.66. The molecule has 1 N–H and O–H groups in total. The van der Waals surface area contributed by atoms with Crippen LogP contribution >= 0.6 is 0 Å². The van der Waals surface area contributed by atoms with E-state index in [1.807, 2.05) is 55.7 Å². The summed E-state index contributed by atoms with van der Waals surface area (Å²) in [7, 11) is 1.90. The van der Waals surface area contributed by atoms with E-state index in [4.69, 9.17) is 4.74 Å². The van der Waals surface area contributed by atoms with Crippen LogP contribution in [0.3, 0.4) is 0 Å². The molecular weight excluding hydrogens is 284 g/mol. The quantitative estimate of drug-likeness (QED) is 0.708. The number of nitrogens with one attached hydrogen (secondary N) is 1. The van der Waals surface area contributed by atoms with Gasteiger partial charge >= 0.3 is 0 Å². The fourth-order valence-electron chi connectivity index (χ4n) is 2.50. The topological polar surface area (TPSA) is 34.1 Å². The summed E-state index contributed by atoms with van der Waals surface area (Å²) in [6.45, 7) is 2.14. The van der Waals surface area contributed by atoms with Gasteiger partial charge in [-0.25, -0.2) is 4.98 Å². The highest BCUT2D eigenvalue weighted by Gasteiger charge is 2.05. The highest BCUT2D eigenvalue weighted by Crippen LogP contribution is 2.27. The van der Waals surface area contributed by atoms with Crippen molar-refractivity contribution in [1.82, 2.24) is 4.98 Å². The van der Waals surface area contributed by atoms with E-state index in [1.54, 1.807) is 0 Å². The second-order valence-corrected chi connectivity index (χ2v) is 5.27. The Balaban J connectivity index is 1.82. The van der Waals surface area contributed by atoms with Crippen LogP contribution in [0.25, 0.3) is 11.1 Å². The lowest BCUT2D eigenvalue weighted by atomic mass is 10.0. The summed E-state index contributed by atoms with van der Waals surface area (Å²) >= 11 is 0. The van der Waals surface area contributed by atoms with Crippen LogP contribution in [0.1, 0.15) is 12.5 Å². The molecule has 0 fully saturated rings. The molecule has 3 heteroatoms. The minimum absolute atomic E-state index is 0.829. The summed E-state index contributed by atoms with van der Waals surface area (Å²) in [6.07, 6.45) is 2.85. The van der Waals surface area contributed by atoms with Crippen LogP contribution in [-0.2, 0) is 6.42 Å². The number of nitrogens with zero attached hydrogens (tertiary/aromatic N) is 1. The Bertz CT molecular complexity index is 767. The Morgan fingerprint density at radius 3 is 2.26 bits per heavy atom.